The second kappa shape index (κ2) is 7.43. The predicted molar refractivity (Wildman–Crippen MR) is 97.7 cm³/mol. The SMILES string of the molecule is CCc1cccc(CC)c1Nc1nccc(C(=O)NC(C)(C)C)n1. The maximum absolute atomic E-state index is 12.3. The van der Waals surface area contributed by atoms with E-state index in [1.54, 1.807) is 12.3 Å². The van der Waals surface area contributed by atoms with Crippen LogP contribution in [0.25, 0.3) is 0 Å². The molecule has 0 aliphatic heterocycles. The van der Waals surface area contributed by atoms with Crippen LogP contribution in [0.4, 0.5) is 11.6 Å². The highest BCUT2D eigenvalue weighted by Crippen LogP contribution is 2.25. The van der Waals surface area contributed by atoms with Crippen molar-refractivity contribution in [1.82, 2.24) is 15.3 Å². The summed E-state index contributed by atoms with van der Waals surface area (Å²) in [6.07, 6.45) is 3.44. The highest BCUT2D eigenvalue weighted by molar-refractivity contribution is 5.93. The number of anilines is 2. The molecule has 0 saturated heterocycles. The third-order valence-electron chi connectivity index (χ3n) is 3.61. The van der Waals surface area contributed by atoms with E-state index in [9.17, 15) is 4.79 Å². The number of rotatable bonds is 5. The van der Waals surface area contributed by atoms with Crippen LogP contribution >= 0.6 is 0 Å². The van der Waals surface area contributed by atoms with Gasteiger partial charge >= 0.3 is 0 Å². The minimum atomic E-state index is -0.306. The molecule has 0 aliphatic rings. The van der Waals surface area contributed by atoms with Crippen LogP contribution in [-0.2, 0) is 12.8 Å². The molecule has 1 amide bonds. The van der Waals surface area contributed by atoms with Gasteiger partial charge in [0, 0.05) is 17.4 Å². The van der Waals surface area contributed by atoms with Crippen LogP contribution < -0.4 is 10.6 Å². The van der Waals surface area contributed by atoms with Crippen molar-refractivity contribution >= 4 is 17.5 Å². The molecule has 128 valence electrons. The molecule has 24 heavy (non-hydrogen) atoms. The van der Waals surface area contributed by atoms with Gasteiger partial charge in [-0.3, -0.25) is 4.79 Å². The summed E-state index contributed by atoms with van der Waals surface area (Å²) >= 11 is 0. The first-order valence-corrected chi connectivity index (χ1v) is 8.37. The van der Waals surface area contributed by atoms with E-state index >= 15 is 0 Å². The van der Waals surface area contributed by atoms with E-state index in [0.29, 0.717) is 11.6 Å². The Balaban J connectivity index is 2.29. The lowest BCUT2D eigenvalue weighted by Gasteiger charge is -2.20. The standard InChI is InChI=1S/C19H26N4O/c1-6-13-9-8-10-14(7-2)16(13)22-18-20-12-11-15(21-18)17(24)23-19(3,4)5/h8-12H,6-7H2,1-5H3,(H,23,24)(H,20,21,22). The van der Waals surface area contributed by atoms with Crippen LogP contribution in [0.3, 0.4) is 0 Å². The molecule has 1 aromatic heterocycles. The van der Waals surface area contributed by atoms with Crippen LogP contribution in [0, 0.1) is 0 Å². The number of nitrogens with one attached hydrogen (secondary N) is 2. The van der Waals surface area contributed by atoms with E-state index in [1.165, 1.54) is 11.1 Å². The second-order valence-electron chi connectivity index (χ2n) is 6.75. The highest BCUT2D eigenvalue weighted by atomic mass is 16.2. The normalized spacial score (nSPS) is 11.2. The Labute approximate surface area is 143 Å². The molecule has 0 bridgehead atoms. The minimum absolute atomic E-state index is 0.201. The van der Waals surface area contributed by atoms with Crippen molar-refractivity contribution < 1.29 is 4.79 Å². The zero-order valence-corrected chi connectivity index (χ0v) is 15.1. The molecule has 0 fully saturated rings. The third kappa shape index (κ3) is 4.54. The van der Waals surface area contributed by atoms with Gasteiger partial charge in [0.25, 0.3) is 5.91 Å². The van der Waals surface area contributed by atoms with Crippen molar-refractivity contribution in [3.8, 4) is 0 Å². The molecular weight excluding hydrogens is 300 g/mol. The van der Waals surface area contributed by atoms with Crippen LogP contribution in [0.5, 0.6) is 0 Å². The number of carbonyl (C=O) groups excluding carboxylic acids is 1. The zero-order valence-electron chi connectivity index (χ0n) is 15.1. The van der Waals surface area contributed by atoms with Gasteiger partial charge in [0.2, 0.25) is 5.95 Å². The van der Waals surface area contributed by atoms with E-state index in [0.717, 1.165) is 18.5 Å². The first-order valence-electron chi connectivity index (χ1n) is 8.37. The van der Waals surface area contributed by atoms with Crippen molar-refractivity contribution in [3.63, 3.8) is 0 Å². The van der Waals surface area contributed by atoms with Crippen molar-refractivity contribution in [1.29, 1.82) is 0 Å². The topological polar surface area (TPSA) is 66.9 Å². The average molecular weight is 326 g/mol. The Hall–Kier alpha value is -2.43. The van der Waals surface area contributed by atoms with Gasteiger partial charge in [0.15, 0.2) is 0 Å². The highest BCUT2D eigenvalue weighted by Gasteiger charge is 2.17. The number of hydrogen-bond donors (Lipinski definition) is 2. The average Bonchev–Trinajstić information content (AvgIpc) is 2.53. The van der Waals surface area contributed by atoms with Gasteiger partial charge in [-0.2, -0.15) is 0 Å². The molecular formula is C19H26N4O. The Morgan fingerprint density at radius 1 is 1.08 bits per heavy atom. The molecule has 0 radical (unpaired) electrons. The molecule has 2 N–H and O–H groups in total. The fourth-order valence-corrected chi connectivity index (χ4v) is 2.46. The molecule has 2 rings (SSSR count). The first-order chi connectivity index (χ1) is 11.3. The van der Waals surface area contributed by atoms with Gasteiger partial charge in [0.05, 0.1) is 0 Å². The van der Waals surface area contributed by atoms with E-state index < -0.39 is 0 Å². The fourth-order valence-electron chi connectivity index (χ4n) is 2.46. The van der Waals surface area contributed by atoms with Gasteiger partial charge in [-0.25, -0.2) is 9.97 Å². The van der Waals surface area contributed by atoms with Crippen LogP contribution in [0.15, 0.2) is 30.5 Å². The quantitative estimate of drug-likeness (QED) is 0.875. The largest absolute Gasteiger partial charge is 0.346 e. The van der Waals surface area contributed by atoms with Crippen molar-refractivity contribution in [3.05, 3.63) is 47.3 Å². The van der Waals surface area contributed by atoms with E-state index in [2.05, 4.69) is 52.6 Å². The maximum Gasteiger partial charge on any atom is 0.270 e. The summed E-state index contributed by atoms with van der Waals surface area (Å²) < 4.78 is 0. The van der Waals surface area contributed by atoms with Crippen LogP contribution in [0.2, 0.25) is 0 Å². The Kier molecular flexibility index (Phi) is 5.54. The second-order valence-corrected chi connectivity index (χ2v) is 6.75. The van der Waals surface area contributed by atoms with E-state index in [-0.39, 0.29) is 11.4 Å². The first kappa shape index (κ1) is 17.9. The molecule has 0 saturated carbocycles. The number of nitrogens with zero attached hydrogens (tertiary/aromatic N) is 2. The monoisotopic (exact) mass is 326 g/mol. The zero-order chi connectivity index (χ0) is 17.7. The Bertz CT molecular complexity index is 697. The molecule has 5 heteroatoms. The molecule has 2 aromatic rings. The van der Waals surface area contributed by atoms with E-state index in [1.807, 2.05) is 20.8 Å². The van der Waals surface area contributed by atoms with E-state index in [4.69, 9.17) is 0 Å². The molecule has 1 heterocycles. The summed E-state index contributed by atoms with van der Waals surface area (Å²) in [7, 11) is 0. The summed E-state index contributed by atoms with van der Waals surface area (Å²) in [4.78, 5) is 20.9. The van der Waals surface area contributed by atoms with Gasteiger partial charge in [-0.05, 0) is 50.8 Å². The summed E-state index contributed by atoms with van der Waals surface area (Å²) in [6.45, 7) is 10.1. The lowest BCUT2D eigenvalue weighted by molar-refractivity contribution is 0.0914. The van der Waals surface area contributed by atoms with Crippen LogP contribution in [0.1, 0.15) is 56.2 Å². The van der Waals surface area contributed by atoms with Gasteiger partial charge in [0.1, 0.15) is 5.69 Å². The molecule has 5 nitrogen and oxygen atoms in total. The number of hydrogen-bond acceptors (Lipinski definition) is 4. The number of carbonyl (C=O) groups is 1. The van der Waals surface area contributed by atoms with Gasteiger partial charge in [-0.15, -0.1) is 0 Å². The maximum atomic E-state index is 12.3. The van der Waals surface area contributed by atoms with Crippen molar-refractivity contribution in [2.45, 2.75) is 53.0 Å². The lowest BCUT2D eigenvalue weighted by Crippen LogP contribution is -2.41. The Morgan fingerprint density at radius 3 is 2.25 bits per heavy atom. The third-order valence-corrected chi connectivity index (χ3v) is 3.61. The number of aromatic nitrogens is 2. The number of aryl methyl sites for hydroxylation is 2. The Morgan fingerprint density at radius 2 is 1.71 bits per heavy atom. The summed E-state index contributed by atoms with van der Waals surface area (Å²) in [5.74, 6) is 0.236. The molecule has 0 aliphatic carbocycles. The predicted octanol–water partition coefficient (Wildman–Crippen LogP) is 3.87. The molecule has 0 spiro atoms. The van der Waals surface area contributed by atoms with Crippen molar-refractivity contribution in [2.75, 3.05) is 5.32 Å². The molecule has 1 aromatic carbocycles. The van der Waals surface area contributed by atoms with Gasteiger partial charge < -0.3 is 10.6 Å². The summed E-state index contributed by atoms with van der Waals surface area (Å²) in [5, 5.41) is 6.21. The lowest BCUT2D eigenvalue weighted by atomic mass is 10.0. The van der Waals surface area contributed by atoms with Crippen LogP contribution in [-0.4, -0.2) is 21.4 Å². The number of amides is 1. The van der Waals surface area contributed by atoms with Crippen molar-refractivity contribution in [2.24, 2.45) is 0 Å². The number of benzene rings is 1. The fraction of sp³-hybridized carbons (Fsp3) is 0.421. The smallest absolute Gasteiger partial charge is 0.270 e. The summed E-state index contributed by atoms with van der Waals surface area (Å²) in [6, 6.07) is 7.88. The molecule has 0 unspecified atom stereocenters. The van der Waals surface area contributed by atoms with Gasteiger partial charge in [-0.1, -0.05) is 32.0 Å². The number of para-hydroxylation sites is 1. The molecule has 0 atom stereocenters. The summed E-state index contributed by atoms with van der Waals surface area (Å²) in [5.41, 5.74) is 3.51. The minimum Gasteiger partial charge on any atom is -0.346 e.